The Balaban J connectivity index is 2.20. The molecule has 1 rings (SSSR count). The molecule has 2 heteroatoms. The van der Waals surface area contributed by atoms with Crippen LogP contribution >= 0.6 is 0 Å². The second kappa shape index (κ2) is 4.35. The van der Waals surface area contributed by atoms with E-state index in [9.17, 15) is 0 Å². The first-order valence-electron chi connectivity index (χ1n) is 4.46. The molecule has 2 nitrogen and oxygen atoms in total. The summed E-state index contributed by atoms with van der Waals surface area (Å²) in [5.74, 6) is 1.15. The second-order valence-electron chi connectivity index (χ2n) is 3.42. The van der Waals surface area contributed by atoms with Gasteiger partial charge in [-0.2, -0.15) is 5.26 Å². The van der Waals surface area contributed by atoms with Crippen molar-refractivity contribution in [2.45, 2.75) is 32.1 Å². The van der Waals surface area contributed by atoms with Crippen LogP contribution < -0.4 is 5.73 Å². The van der Waals surface area contributed by atoms with Crippen LogP contribution in [-0.2, 0) is 0 Å². The first-order valence-corrected chi connectivity index (χ1v) is 4.46. The summed E-state index contributed by atoms with van der Waals surface area (Å²) in [6, 6.07) is 2.34. The van der Waals surface area contributed by atoms with Crippen molar-refractivity contribution in [3.8, 4) is 6.07 Å². The van der Waals surface area contributed by atoms with Crippen LogP contribution in [0.4, 0.5) is 0 Å². The van der Waals surface area contributed by atoms with Gasteiger partial charge in [0.15, 0.2) is 0 Å². The van der Waals surface area contributed by atoms with Crippen molar-refractivity contribution in [1.29, 1.82) is 5.26 Å². The first kappa shape index (κ1) is 8.55. The summed E-state index contributed by atoms with van der Waals surface area (Å²) in [5, 5.41) is 8.63. The van der Waals surface area contributed by atoms with E-state index in [1.54, 1.807) is 0 Å². The molecule has 0 spiro atoms. The molecule has 0 bridgehead atoms. The molecule has 0 aromatic rings. The fourth-order valence-corrected chi connectivity index (χ4v) is 1.82. The van der Waals surface area contributed by atoms with Crippen LogP contribution in [0, 0.1) is 23.2 Å². The molecule has 1 saturated carbocycles. The van der Waals surface area contributed by atoms with Crippen molar-refractivity contribution >= 4 is 0 Å². The molecule has 0 heterocycles. The van der Waals surface area contributed by atoms with E-state index in [0.717, 1.165) is 31.7 Å². The Labute approximate surface area is 68.4 Å². The minimum absolute atomic E-state index is 0.337. The molecule has 0 unspecified atom stereocenters. The Morgan fingerprint density at radius 1 is 1.27 bits per heavy atom. The van der Waals surface area contributed by atoms with Gasteiger partial charge in [-0.15, -0.1) is 0 Å². The Bertz CT molecular complexity index is 140. The third-order valence-electron chi connectivity index (χ3n) is 2.60. The number of nitrogens with two attached hydrogens (primary N) is 1. The van der Waals surface area contributed by atoms with E-state index in [1.807, 2.05) is 0 Å². The summed E-state index contributed by atoms with van der Waals surface area (Å²) in [7, 11) is 0. The minimum atomic E-state index is 0.337. The highest BCUT2D eigenvalue weighted by Crippen LogP contribution is 2.29. The second-order valence-corrected chi connectivity index (χ2v) is 3.42. The van der Waals surface area contributed by atoms with Gasteiger partial charge in [0.25, 0.3) is 0 Å². The Morgan fingerprint density at radius 3 is 2.36 bits per heavy atom. The standard InChI is InChI=1S/C9H16N2/c10-6-5-8-1-3-9(7-11)4-2-8/h8-9H,1-6,10H2. The Kier molecular flexibility index (Phi) is 3.38. The monoisotopic (exact) mass is 152 g/mol. The molecular formula is C9H16N2. The lowest BCUT2D eigenvalue weighted by molar-refractivity contribution is 0.303. The van der Waals surface area contributed by atoms with E-state index in [-0.39, 0.29) is 0 Å². The lowest BCUT2D eigenvalue weighted by atomic mass is 9.81. The van der Waals surface area contributed by atoms with Gasteiger partial charge in [0, 0.05) is 5.92 Å². The lowest BCUT2D eigenvalue weighted by Crippen LogP contribution is -2.16. The third kappa shape index (κ3) is 2.51. The predicted molar refractivity (Wildman–Crippen MR) is 44.7 cm³/mol. The summed E-state index contributed by atoms with van der Waals surface area (Å²) >= 11 is 0. The zero-order chi connectivity index (χ0) is 8.10. The summed E-state index contributed by atoms with van der Waals surface area (Å²) in [5.41, 5.74) is 5.46. The van der Waals surface area contributed by atoms with Crippen LogP contribution in [0.5, 0.6) is 0 Å². The maximum absolute atomic E-state index is 8.63. The largest absolute Gasteiger partial charge is 0.330 e. The smallest absolute Gasteiger partial charge is 0.0655 e. The van der Waals surface area contributed by atoms with E-state index in [2.05, 4.69) is 6.07 Å². The molecule has 2 N–H and O–H groups in total. The van der Waals surface area contributed by atoms with Crippen molar-refractivity contribution in [1.82, 2.24) is 0 Å². The number of nitriles is 1. The number of nitrogens with zero attached hydrogens (tertiary/aromatic N) is 1. The Hall–Kier alpha value is -0.550. The quantitative estimate of drug-likeness (QED) is 0.654. The van der Waals surface area contributed by atoms with Crippen LogP contribution in [-0.4, -0.2) is 6.54 Å². The van der Waals surface area contributed by atoms with Gasteiger partial charge < -0.3 is 5.73 Å². The van der Waals surface area contributed by atoms with Gasteiger partial charge >= 0.3 is 0 Å². The van der Waals surface area contributed by atoms with Crippen LogP contribution in [0.3, 0.4) is 0 Å². The zero-order valence-corrected chi connectivity index (χ0v) is 6.92. The van der Waals surface area contributed by atoms with Gasteiger partial charge in [-0.3, -0.25) is 0 Å². The zero-order valence-electron chi connectivity index (χ0n) is 6.92. The molecule has 0 aliphatic heterocycles. The number of hydrogen-bond acceptors (Lipinski definition) is 2. The summed E-state index contributed by atoms with van der Waals surface area (Å²) in [6.45, 7) is 0.807. The molecule has 1 aliphatic carbocycles. The van der Waals surface area contributed by atoms with E-state index in [1.165, 1.54) is 12.8 Å². The van der Waals surface area contributed by atoms with Crippen LogP contribution in [0.25, 0.3) is 0 Å². The van der Waals surface area contributed by atoms with Crippen LogP contribution in [0.15, 0.2) is 0 Å². The molecule has 0 saturated heterocycles. The summed E-state index contributed by atoms with van der Waals surface area (Å²) in [4.78, 5) is 0. The number of rotatable bonds is 2. The summed E-state index contributed by atoms with van der Waals surface area (Å²) < 4.78 is 0. The van der Waals surface area contributed by atoms with Crippen molar-refractivity contribution in [2.75, 3.05) is 6.54 Å². The molecule has 0 amide bonds. The van der Waals surface area contributed by atoms with E-state index < -0.39 is 0 Å². The van der Waals surface area contributed by atoms with Gasteiger partial charge in [-0.25, -0.2) is 0 Å². The van der Waals surface area contributed by atoms with E-state index >= 15 is 0 Å². The molecule has 62 valence electrons. The van der Waals surface area contributed by atoms with Gasteiger partial charge in [-0.05, 0) is 44.6 Å². The van der Waals surface area contributed by atoms with E-state index in [4.69, 9.17) is 11.0 Å². The fraction of sp³-hybridized carbons (Fsp3) is 0.889. The van der Waals surface area contributed by atoms with Crippen molar-refractivity contribution in [3.63, 3.8) is 0 Å². The normalized spacial score (nSPS) is 31.3. The SMILES string of the molecule is N#CC1CCC(CCN)CC1. The first-order chi connectivity index (χ1) is 5.36. The average Bonchev–Trinajstić information content (AvgIpc) is 2.07. The average molecular weight is 152 g/mol. The van der Waals surface area contributed by atoms with Gasteiger partial charge in [-0.1, -0.05) is 0 Å². The number of hydrogen-bond donors (Lipinski definition) is 1. The fourth-order valence-electron chi connectivity index (χ4n) is 1.82. The Morgan fingerprint density at radius 2 is 1.91 bits per heavy atom. The molecule has 1 fully saturated rings. The molecule has 0 radical (unpaired) electrons. The molecule has 1 aliphatic rings. The topological polar surface area (TPSA) is 49.8 Å². The van der Waals surface area contributed by atoms with Gasteiger partial charge in [0.2, 0.25) is 0 Å². The van der Waals surface area contributed by atoms with Crippen molar-refractivity contribution in [3.05, 3.63) is 0 Å². The van der Waals surface area contributed by atoms with E-state index in [0.29, 0.717) is 5.92 Å². The van der Waals surface area contributed by atoms with Crippen molar-refractivity contribution in [2.24, 2.45) is 17.6 Å². The maximum atomic E-state index is 8.63. The molecular weight excluding hydrogens is 136 g/mol. The molecule has 0 aromatic carbocycles. The predicted octanol–water partition coefficient (Wildman–Crippen LogP) is 1.67. The van der Waals surface area contributed by atoms with Crippen LogP contribution in [0.2, 0.25) is 0 Å². The van der Waals surface area contributed by atoms with Gasteiger partial charge in [0.1, 0.15) is 0 Å². The van der Waals surface area contributed by atoms with Crippen molar-refractivity contribution < 1.29 is 0 Å². The maximum Gasteiger partial charge on any atom is 0.0655 e. The minimum Gasteiger partial charge on any atom is -0.330 e. The molecule has 0 aromatic heterocycles. The third-order valence-corrected chi connectivity index (χ3v) is 2.60. The highest BCUT2D eigenvalue weighted by atomic mass is 14.5. The highest BCUT2D eigenvalue weighted by Gasteiger charge is 2.19. The molecule has 11 heavy (non-hydrogen) atoms. The van der Waals surface area contributed by atoms with Gasteiger partial charge in [0.05, 0.1) is 6.07 Å². The molecule has 0 atom stereocenters. The highest BCUT2D eigenvalue weighted by molar-refractivity contribution is 4.86. The summed E-state index contributed by atoms with van der Waals surface area (Å²) in [6.07, 6.45) is 5.78. The van der Waals surface area contributed by atoms with Crippen LogP contribution in [0.1, 0.15) is 32.1 Å². The lowest BCUT2D eigenvalue weighted by Gasteiger charge is -2.23.